The lowest BCUT2D eigenvalue weighted by atomic mass is 10.2. The Labute approximate surface area is 103 Å². The first-order valence-electron chi connectivity index (χ1n) is 5.39. The Morgan fingerprint density at radius 1 is 1.56 bits per heavy atom. The van der Waals surface area contributed by atoms with E-state index in [0.717, 1.165) is 0 Å². The van der Waals surface area contributed by atoms with Crippen LogP contribution < -0.4 is 4.74 Å². The third-order valence-electron chi connectivity index (χ3n) is 2.32. The van der Waals surface area contributed by atoms with Gasteiger partial charge in [0.15, 0.2) is 5.58 Å². The van der Waals surface area contributed by atoms with E-state index in [2.05, 4.69) is 4.98 Å². The molecule has 6 nitrogen and oxygen atoms in total. The lowest BCUT2D eigenvalue weighted by molar-refractivity contribution is 0.0694. The van der Waals surface area contributed by atoms with Crippen LogP contribution in [0.5, 0.6) is 6.08 Å². The molecule has 1 N–H and O–H groups in total. The highest BCUT2D eigenvalue weighted by molar-refractivity contribution is 5.91. The summed E-state index contributed by atoms with van der Waals surface area (Å²) < 4.78 is 15.6. The number of carbonyl (C=O) groups is 1. The van der Waals surface area contributed by atoms with Crippen molar-refractivity contribution in [1.82, 2.24) is 4.98 Å². The van der Waals surface area contributed by atoms with Crippen molar-refractivity contribution in [2.75, 3.05) is 13.7 Å². The molecule has 2 aromatic rings. The number of aromatic nitrogens is 1. The number of aromatic carboxylic acids is 1. The molecule has 1 aromatic heterocycles. The van der Waals surface area contributed by atoms with Gasteiger partial charge >= 0.3 is 12.0 Å². The molecule has 18 heavy (non-hydrogen) atoms. The number of nitrogens with zero attached hydrogens (tertiary/aromatic N) is 1. The average molecular weight is 251 g/mol. The minimum Gasteiger partial charge on any atom is -0.478 e. The smallest absolute Gasteiger partial charge is 0.394 e. The number of oxazole rings is 1. The number of ether oxygens (including phenoxy) is 2. The molecular formula is C12H13NO5. The van der Waals surface area contributed by atoms with Crippen molar-refractivity contribution in [3.63, 3.8) is 0 Å². The van der Waals surface area contributed by atoms with E-state index in [9.17, 15) is 4.79 Å². The first-order chi connectivity index (χ1) is 8.60. The van der Waals surface area contributed by atoms with Crippen molar-refractivity contribution in [3.05, 3.63) is 23.8 Å². The Bertz CT molecular complexity index is 563. The monoisotopic (exact) mass is 251 g/mol. The van der Waals surface area contributed by atoms with Crippen molar-refractivity contribution in [2.24, 2.45) is 0 Å². The van der Waals surface area contributed by atoms with Crippen LogP contribution in [-0.4, -0.2) is 35.9 Å². The highest BCUT2D eigenvalue weighted by Gasteiger charge is 2.12. The Kier molecular flexibility index (Phi) is 3.47. The molecular weight excluding hydrogens is 238 g/mol. The molecule has 96 valence electrons. The molecule has 0 saturated carbocycles. The van der Waals surface area contributed by atoms with Crippen molar-refractivity contribution >= 4 is 17.1 Å². The van der Waals surface area contributed by atoms with E-state index in [1.165, 1.54) is 12.1 Å². The van der Waals surface area contributed by atoms with Gasteiger partial charge in [-0.05, 0) is 25.1 Å². The zero-order valence-electron chi connectivity index (χ0n) is 10.0. The molecule has 6 heteroatoms. The van der Waals surface area contributed by atoms with E-state index >= 15 is 0 Å². The molecule has 1 unspecified atom stereocenters. The van der Waals surface area contributed by atoms with Crippen LogP contribution in [0.3, 0.4) is 0 Å². The van der Waals surface area contributed by atoms with Crippen LogP contribution >= 0.6 is 0 Å². The topological polar surface area (TPSA) is 81.8 Å². The fraction of sp³-hybridized carbons (Fsp3) is 0.333. The van der Waals surface area contributed by atoms with Crippen molar-refractivity contribution in [1.29, 1.82) is 0 Å². The summed E-state index contributed by atoms with van der Waals surface area (Å²) in [5.74, 6) is -1.01. The van der Waals surface area contributed by atoms with Gasteiger partial charge in [-0.3, -0.25) is 0 Å². The van der Waals surface area contributed by atoms with E-state index in [1.807, 2.05) is 6.92 Å². The van der Waals surface area contributed by atoms with E-state index in [1.54, 1.807) is 13.2 Å². The molecule has 0 amide bonds. The highest BCUT2D eigenvalue weighted by atomic mass is 16.6. The lowest BCUT2D eigenvalue weighted by Gasteiger charge is -2.08. The minimum atomic E-state index is -1.01. The average Bonchev–Trinajstić information content (AvgIpc) is 2.69. The number of carboxylic acids is 1. The van der Waals surface area contributed by atoms with Crippen LogP contribution in [0.25, 0.3) is 11.1 Å². The number of hydrogen-bond acceptors (Lipinski definition) is 5. The summed E-state index contributed by atoms with van der Waals surface area (Å²) in [6.45, 7) is 2.24. The number of fused-ring (bicyclic) bond motifs is 1. The fourth-order valence-electron chi connectivity index (χ4n) is 1.53. The summed E-state index contributed by atoms with van der Waals surface area (Å²) in [5.41, 5.74) is 1.09. The van der Waals surface area contributed by atoms with Crippen LogP contribution in [0.15, 0.2) is 22.6 Å². The molecule has 1 atom stereocenters. The summed E-state index contributed by atoms with van der Waals surface area (Å²) in [5, 5.41) is 8.86. The molecule has 0 aliphatic carbocycles. The third-order valence-corrected chi connectivity index (χ3v) is 2.32. The highest BCUT2D eigenvalue weighted by Crippen LogP contribution is 2.22. The van der Waals surface area contributed by atoms with Crippen molar-refractivity contribution < 1.29 is 23.8 Å². The molecule has 0 saturated heterocycles. The van der Waals surface area contributed by atoms with Crippen molar-refractivity contribution in [3.8, 4) is 6.08 Å². The molecule has 1 aromatic carbocycles. The summed E-state index contributed by atoms with van der Waals surface area (Å²) in [4.78, 5) is 14.9. The summed E-state index contributed by atoms with van der Waals surface area (Å²) in [7, 11) is 1.57. The molecule has 0 fully saturated rings. The number of benzene rings is 1. The predicted octanol–water partition coefficient (Wildman–Crippen LogP) is 1.94. The van der Waals surface area contributed by atoms with Crippen LogP contribution in [0.4, 0.5) is 0 Å². The first-order valence-corrected chi connectivity index (χ1v) is 5.39. The Morgan fingerprint density at radius 2 is 2.33 bits per heavy atom. The van der Waals surface area contributed by atoms with E-state index in [-0.39, 0.29) is 17.7 Å². The SMILES string of the molecule is COCC(C)Oc1nc2ccc(C(=O)O)cc2o1. The predicted molar refractivity (Wildman–Crippen MR) is 62.9 cm³/mol. The Hall–Kier alpha value is -2.08. The summed E-state index contributed by atoms with van der Waals surface area (Å²) in [6.07, 6.45) is -0.0842. The first kappa shape index (κ1) is 12.4. The zero-order valence-corrected chi connectivity index (χ0v) is 10.0. The van der Waals surface area contributed by atoms with Gasteiger partial charge in [-0.2, -0.15) is 4.98 Å². The second kappa shape index (κ2) is 5.05. The normalized spacial score (nSPS) is 12.6. The maximum atomic E-state index is 10.8. The van der Waals surface area contributed by atoms with Gasteiger partial charge in [-0.1, -0.05) is 0 Å². The second-order valence-electron chi connectivity index (χ2n) is 3.85. The summed E-state index contributed by atoms with van der Waals surface area (Å²) in [6, 6.07) is 4.46. The fourth-order valence-corrected chi connectivity index (χ4v) is 1.53. The van der Waals surface area contributed by atoms with Crippen LogP contribution in [0.2, 0.25) is 0 Å². The van der Waals surface area contributed by atoms with Crippen LogP contribution in [-0.2, 0) is 4.74 Å². The minimum absolute atomic E-state index is 0.108. The zero-order chi connectivity index (χ0) is 13.1. The van der Waals surface area contributed by atoms with Gasteiger partial charge in [0.25, 0.3) is 0 Å². The number of methoxy groups -OCH3 is 1. The maximum absolute atomic E-state index is 10.8. The van der Waals surface area contributed by atoms with Crippen LogP contribution in [0, 0.1) is 0 Å². The van der Waals surface area contributed by atoms with Gasteiger partial charge in [0.1, 0.15) is 11.6 Å². The van der Waals surface area contributed by atoms with E-state index in [4.69, 9.17) is 19.0 Å². The standard InChI is InChI=1S/C12H13NO5/c1-7(6-16-2)17-12-13-9-4-3-8(11(14)15)5-10(9)18-12/h3-5,7H,6H2,1-2H3,(H,14,15). The van der Waals surface area contributed by atoms with Gasteiger partial charge in [0, 0.05) is 7.11 Å². The number of hydrogen-bond donors (Lipinski definition) is 1. The number of carboxylic acid groups (broad SMARTS) is 1. The summed E-state index contributed by atoms with van der Waals surface area (Å²) >= 11 is 0. The molecule has 0 aliphatic rings. The molecule has 1 heterocycles. The Balaban J connectivity index is 2.24. The Morgan fingerprint density at radius 3 is 3.00 bits per heavy atom. The van der Waals surface area contributed by atoms with Crippen molar-refractivity contribution in [2.45, 2.75) is 13.0 Å². The maximum Gasteiger partial charge on any atom is 0.394 e. The van der Waals surface area contributed by atoms with Gasteiger partial charge in [0.05, 0.1) is 12.2 Å². The molecule has 0 spiro atoms. The molecule has 0 radical (unpaired) electrons. The lowest BCUT2D eigenvalue weighted by Crippen LogP contribution is -2.17. The molecule has 0 aliphatic heterocycles. The largest absolute Gasteiger partial charge is 0.478 e. The van der Waals surface area contributed by atoms with Gasteiger partial charge in [-0.25, -0.2) is 4.79 Å². The van der Waals surface area contributed by atoms with E-state index in [0.29, 0.717) is 17.7 Å². The quantitative estimate of drug-likeness (QED) is 0.874. The van der Waals surface area contributed by atoms with Gasteiger partial charge in [0.2, 0.25) is 0 Å². The number of rotatable bonds is 5. The van der Waals surface area contributed by atoms with Gasteiger partial charge < -0.3 is 19.0 Å². The van der Waals surface area contributed by atoms with E-state index < -0.39 is 5.97 Å². The second-order valence-corrected chi connectivity index (χ2v) is 3.85. The molecule has 2 rings (SSSR count). The molecule has 0 bridgehead atoms. The van der Waals surface area contributed by atoms with Crippen LogP contribution in [0.1, 0.15) is 17.3 Å². The van der Waals surface area contributed by atoms with Gasteiger partial charge in [-0.15, -0.1) is 0 Å². The third kappa shape index (κ3) is 2.60.